The van der Waals surface area contributed by atoms with Crippen molar-refractivity contribution in [3.05, 3.63) is 0 Å². The van der Waals surface area contributed by atoms with Crippen LogP contribution in [0.5, 0.6) is 0 Å². The van der Waals surface area contributed by atoms with Crippen LogP contribution in [0, 0.1) is 0 Å². The third-order valence-electron chi connectivity index (χ3n) is 0. The molecule has 0 spiro atoms. The van der Waals surface area contributed by atoms with Crippen molar-refractivity contribution in [2.45, 2.75) is 34.6 Å². The van der Waals surface area contributed by atoms with Crippen LogP contribution in [0.4, 0.5) is 0 Å². The Bertz CT molecular complexity index is 216. The van der Waals surface area contributed by atoms with Gasteiger partial charge in [0.05, 0.1) is 0 Å². The highest BCUT2D eigenvalue weighted by Crippen LogP contribution is 1.43. The zero-order valence-corrected chi connectivity index (χ0v) is 14.0. The van der Waals surface area contributed by atoms with Crippen LogP contribution in [0.25, 0.3) is 0 Å². The molecule has 0 fully saturated rings. The van der Waals surface area contributed by atoms with Crippen LogP contribution in [0.1, 0.15) is 34.6 Å². The second-order valence-electron chi connectivity index (χ2n) is 2.60. The standard InChI is InChI=1S/5C2H4O2.2Al.H2O.3H/c5*1-2(3)4;;;;;;/h5*1H3,(H,3,4);;;1H2;;;/q;;;;;;+1;;;;/p-1. The van der Waals surface area contributed by atoms with E-state index in [9.17, 15) is 0 Å². The first-order valence-corrected chi connectivity index (χ1v) is 5.41. The van der Waals surface area contributed by atoms with Gasteiger partial charge in [-0.3, -0.25) is 24.0 Å². The maximum Gasteiger partial charge on any atom is 0.363 e. The Balaban J connectivity index is -0.0000000268. The third kappa shape index (κ3) is 2600. The lowest BCUT2D eigenvalue weighted by molar-refractivity contribution is -0.135. The van der Waals surface area contributed by atoms with Gasteiger partial charge in [-0.25, -0.2) is 0 Å². The van der Waals surface area contributed by atoms with E-state index in [-0.39, 0.29) is 17.4 Å². The summed E-state index contributed by atoms with van der Waals surface area (Å²) in [5.41, 5.74) is 0. The molecule has 0 aromatic rings. The summed E-state index contributed by atoms with van der Waals surface area (Å²) in [6.07, 6.45) is 0. The summed E-state index contributed by atoms with van der Waals surface area (Å²) in [5, 5.41) is 37.1. The lowest BCUT2D eigenvalue weighted by Crippen LogP contribution is -1.78. The molecule has 13 heteroatoms. The molecule has 0 rings (SSSR count). The summed E-state index contributed by atoms with van der Waals surface area (Å²) >= 11 is 1.42. The first kappa shape index (κ1) is 42.9. The minimum Gasteiger partial charge on any atom is -0.529 e. The van der Waals surface area contributed by atoms with Crippen molar-refractivity contribution < 1.29 is 53.7 Å². The van der Waals surface area contributed by atoms with E-state index in [0.717, 1.165) is 34.6 Å². The van der Waals surface area contributed by atoms with Gasteiger partial charge in [-0.1, -0.05) is 0 Å². The molecule has 136 valence electrons. The molecule has 6 N–H and O–H groups in total. The van der Waals surface area contributed by atoms with Crippen molar-refractivity contribution in [3.8, 4) is 0 Å². The van der Waals surface area contributed by atoms with E-state index in [1.54, 1.807) is 0 Å². The van der Waals surface area contributed by atoms with Crippen LogP contribution < -0.4 is 0 Å². The van der Waals surface area contributed by atoms with E-state index in [4.69, 9.17) is 53.7 Å². The van der Waals surface area contributed by atoms with Gasteiger partial charge in [0.15, 0.2) is 17.4 Å². The van der Waals surface area contributed by atoms with Crippen LogP contribution in [-0.4, -0.2) is 93.5 Å². The Hall–Kier alpha value is -1.63. The van der Waals surface area contributed by atoms with Crippen molar-refractivity contribution in [1.29, 1.82) is 0 Å². The Labute approximate surface area is 152 Å². The summed E-state index contributed by atoms with van der Waals surface area (Å²) in [6, 6.07) is 0. The molecule has 0 aromatic heterocycles. The Kier molecular flexibility index (Phi) is 79.8. The lowest BCUT2D eigenvalue weighted by atomic mass is 10.9. The SMILES string of the molecule is CC(=O)O.CC(=O)O.CC(=O)O.CC(=O)O.CC(=O)O.[AlH3].[OH][Al]. The normalized spacial score (nSPS) is 5.65. The van der Waals surface area contributed by atoms with Crippen molar-refractivity contribution in [1.82, 2.24) is 0 Å². The molecule has 11 nitrogen and oxygen atoms in total. The topological polar surface area (TPSA) is 207 Å². The molecule has 0 unspecified atom stereocenters. The maximum atomic E-state index is 9.00. The number of carboxylic acids is 5. The van der Waals surface area contributed by atoms with Crippen LogP contribution in [-0.2, 0) is 24.0 Å². The van der Waals surface area contributed by atoms with Crippen LogP contribution >= 0.6 is 0 Å². The first-order chi connectivity index (χ1) is 9.66. The average molecular weight is 374 g/mol. The molecule has 2 radical (unpaired) electrons. The van der Waals surface area contributed by atoms with Gasteiger partial charge in [0.1, 0.15) is 0 Å². The molecule has 0 aromatic carbocycles. The van der Waals surface area contributed by atoms with Crippen molar-refractivity contribution in [3.63, 3.8) is 0 Å². The van der Waals surface area contributed by atoms with Crippen molar-refractivity contribution >= 4 is 63.8 Å². The number of rotatable bonds is 0. The monoisotopic (exact) mass is 374 g/mol. The van der Waals surface area contributed by atoms with Gasteiger partial charge in [0.25, 0.3) is 29.8 Å². The molecule has 0 aliphatic heterocycles. The average Bonchev–Trinajstić information content (AvgIpc) is 2.14. The molecule has 0 bridgehead atoms. The number of carboxylic acid groups (broad SMARTS) is 5. The van der Waals surface area contributed by atoms with Gasteiger partial charge in [-0.15, -0.1) is 0 Å². The summed E-state index contributed by atoms with van der Waals surface area (Å²) in [5.74, 6) is -4.17. The predicted octanol–water partition coefficient (Wildman–Crippen LogP) is -1.67. The number of hydrogen-bond acceptors (Lipinski definition) is 6. The van der Waals surface area contributed by atoms with Crippen molar-refractivity contribution in [2.24, 2.45) is 0 Å². The van der Waals surface area contributed by atoms with E-state index < -0.39 is 29.8 Å². The van der Waals surface area contributed by atoms with Gasteiger partial charge < -0.3 is 29.7 Å². The molecule has 0 saturated heterocycles. The largest absolute Gasteiger partial charge is 0.529 e. The molecule has 23 heavy (non-hydrogen) atoms. The fourth-order valence-electron chi connectivity index (χ4n) is 0. The fourth-order valence-corrected chi connectivity index (χ4v) is 0. The quantitative estimate of drug-likeness (QED) is 0.264. The van der Waals surface area contributed by atoms with Crippen LogP contribution in [0.2, 0.25) is 0 Å². The molecule has 0 aliphatic carbocycles. The maximum absolute atomic E-state index is 9.00. The first-order valence-electron chi connectivity index (χ1n) is 4.90. The van der Waals surface area contributed by atoms with E-state index in [1.807, 2.05) is 0 Å². The smallest absolute Gasteiger partial charge is 0.363 e. The molecule has 0 aliphatic rings. The summed E-state index contributed by atoms with van der Waals surface area (Å²) < 4.78 is 6.92. The van der Waals surface area contributed by atoms with Gasteiger partial charge in [-0.05, 0) is 0 Å². The molecule has 0 atom stereocenters. The van der Waals surface area contributed by atoms with Crippen molar-refractivity contribution in [2.75, 3.05) is 0 Å². The fraction of sp³-hybridized carbons (Fsp3) is 0.500. The van der Waals surface area contributed by atoms with Crippen LogP contribution in [0.3, 0.4) is 0 Å². The molecule has 0 saturated carbocycles. The Morgan fingerprint density at radius 1 is 0.478 bits per heavy atom. The van der Waals surface area contributed by atoms with Gasteiger partial charge in [0.2, 0.25) is 0 Å². The number of carbonyl (C=O) groups is 5. The Morgan fingerprint density at radius 3 is 0.478 bits per heavy atom. The van der Waals surface area contributed by atoms with E-state index in [2.05, 4.69) is 0 Å². The Morgan fingerprint density at radius 2 is 0.478 bits per heavy atom. The van der Waals surface area contributed by atoms with Gasteiger partial charge in [0, 0.05) is 34.6 Å². The van der Waals surface area contributed by atoms with E-state index >= 15 is 0 Å². The van der Waals surface area contributed by atoms with Gasteiger partial charge in [-0.2, -0.15) is 0 Å². The van der Waals surface area contributed by atoms with Crippen LogP contribution in [0.15, 0.2) is 0 Å². The second kappa shape index (κ2) is 42.8. The molecule has 0 amide bonds. The minimum atomic E-state index is -0.833. The molecule has 0 heterocycles. The highest BCUT2D eigenvalue weighted by Gasteiger charge is 1.66. The van der Waals surface area contributed by atoms with E-state index in [1.165, 1.54) is 16.6 Å². The zero-order valence-electron chi connectivity index (χ0n) is 12.8. The molecular formula is C10H24Al2O11. The summed E-state index contributed by atoms with van der Waals surface area (Å²) in [6.45, 7) is 5.42. The lowest BCUT2D eigenvalue weighted by Gasteiger charge is -1.59. The number of aliphatic carboxylic acids is 5. The summed E-state index contributed by atoms with van der Waals surface area (Å²) in [7, 11) is 0. The highest BCUT2D eigenvalue weighted by atomic mass is 27.1. The number of hydrogen-bond donors (Lipinski definition) is 6. The highest BCUT2D eigenvalue weighted by molar-refractivity contribution is 5.95. The predicted molar refractivity (Wildman–Crippen MR) is 84.5 cm³/mol. The second-order valence-corrected chi connectivity index (χ2v) is 2.60. The zero-order chi connectivity index (χ0) is 19.9. The minimum absolute atomic E-state index is 0. The third-order valence-corrected chi connectivity index (χ3v) is 0. The summed E-state index contributed by atoms with van der Waals surface area (Å²) in [4.78, 5) is 45.0. The van der Waals surface area contributed by atoms with E-state index in [0.29, 0.717) is 0 Å². The van der Waals surface area contributed by atoms with Gasteiger partial charge >= 0.3 is 16.6 Å². The molecular weight excluding hydrogens is 350 g/mol.